The van der Waals surface area contributed by atoms with E-state index in [4.69, 9.17) is 5.11 Å². The molecule has 1 amide bonds. The van der Waals surface area contributed by atoms with Crippen molar-refractivity contribution in [2.75, 3.05) is 11.4 Å². The minimum atomic E-state index is -1.69. The molecule has 0 unspecified atom stereocenters. The smallest absolute Gasteiger partial charge is 0.412 e. The maximum atomic E-state index is 12.8. The van der Waals surface area contributed by atoms with Crippen LogP contribution in [0.5, 0.6) is 5.75 Å². The minimum absolute atomic E-state index is 0.0177. The van der Waals surface area contributed by atoms with Crippen LogP contribution in [0.4, 0.5) is 10.5 Å². The monoisotopic (exact) mass is 426 g/mol. The van der Waals surface area contributed by atoms with E-state index in [9.17, 15) is 24.6 Å². The first-order valence-corrected chi connectivity index (χ1v) is 9.44. The molecular weight excluding hydrogens is 412 g/mol. The fourth-order valence-corrected chi connectivity index (χ4v) is 3.92. The summed E-state index contributed by atoms with van der Waals surface area (Å²) in [6, 6.07) is 7.63. The van der Waals surface area contributed by atoms with Crippen LogP contribution in [0.3, 0.4) is 0 Å². The normalized spacial score (nSPS) is 11.1. The summed E-state index contributed by atoms with van der Waals surface area (Å²) in [6.45, 7) is -1.01. The summed E-state index contributed by atoms with van der Waals surface area (Å²) in [4.78, 5) is 44.2. The molecule has 11 heteroatoms. The molecule has 0 spiro atoms. The van der Waals surface area contributed by atoms with Gasteiger partial charge < -0.3 is 15.3 Å². The van der Waals surface area contributed by atoms with Gasteiger partial charge in [0, 0.05) is 23.5 Å². The molecule has 0 aliphatic rings. The van der Waals surface area contributed by atoms with Crippen LogP contribution in [-0.2, 0) is 11.8 Å². The number of aromatic nitrogens is 3. The van der Waals surface area contributed by atoms with E-state index in [1.807, 2.05) is 29.6 Å². The lowest BCUT2D eigenvalue weighted by Crippen LogP contribution is -2.39. The van der Waals surface area contributed by atoms with E-state index in [-0.39, 0.29) is 15.9 Å². The van der Waals surface area contributed by atoms with Gasteiger partial charge in [0.15, 0.2) is 22.9 Å². The van der Waals surface area contributed by atoms with Gasteiger partial charge in [-0.25, -0.2) is 14.8 Å². The third-order valence-corrected chi connectivity index (χ3v) is 5.48. The molecule has 0 saturated carbocycles. The van der Waals surface area contributed by atoms with E-state index in [1.54, 1.807) is 11.3 Å². The molecule has 0 aliphatic carbocycles. The first-order chi connectivity index (χ1) is 14.3. The predicted molar refractivity (Wildman–Crippen MR) is 110 cm³/mol. The molecule has 0 atom stereocenters. The fourth-order valence-electron chi connectivity index (χ4n) is 3.15. The maximum Gasteiger partial charge on any atom is 0.412 e. The number of carboxylic acids is 1. The van der Waals surface area contributed by atoms with Crippen LogP contribution in [0.1, 0.15) is 0 Å². The molecule has 4 aromatic rings. The Balaban J connectivity index is 1.92. The quantitative estimate of drug-likeness (QED) is 0.451. The number of carboxylic acid groups (broad SMARTS) is 2. The number of thiophene rings is 1. The second-order valence-electron chi connectivity index (χ2n) is 6.43. The Hall–Kier alpha value is -3.99. The maximum absolute atomic E-state index is 12.8. The van der Waals surface area contributed by atoms with Gasteiger partial charge in [-0.1, -0.05) is 0 Å². The largest absolute Gasteiger partial charge is 0.505 e. The van der Waals surface area contributed by atoms with Crippen molar-refractivity contribution < 1.29 is 24.9 Å². The molecule has 3 N–H and O–H groups in total. The highest BCUT2D eigenvalue weighted by Crippen LogP contribution is 2.32. The van der Waals surface area contributed by atoms with Crippen LogP contribution in [0, 0.1) is 0 Å². The molecule has 0 fully saturated rings. The summed E-state index contributed by atoms with van der Waals surface area (Å²) in [5.74, 6) is -1.86. The predicted octanol–water partition coefficient (Wildman–Crippen LogP) is 2.48. The molecule has 3 aromatic heterocycles. The number of aromatic hydroxyl groups is 1. The zero-order valence-electron chi connectivity index (χ0n) is 15.4. The summed E-state index contributed by atoms with van der Waals surface area (Å²) in [6.07, 6.45) is -0.417. The average molecular weight is 426 g/mol. The molecule has 152 valence electrons. The first kappa shape index (κ1) is 19.3. The van der Waals surface area contributed by atoms with E-state index < -0.39 is 35.6 Å². The molecule has 0 bridgehead atoms. The fraction of sp³-hybridized carbons (Fsp3) is 0.105. The van der Waals surface area contributed by atoms with Crippen LogP contribution in [0.25, 0.3) is 32.5 Å². The number of amides is 1. The van der Waals surface area contributed by atoms with Crippen molar-refractivity contribution in [3.8, 4) is 17.1 Å². The molecule has 1 aromatic carbocycles. The van der Waals surface area contributed by atoms with Crippen LogP contribution in [-0.4, -0.2) is 48.5 Å². The number of anilines is 1. The highest BCUT2D eigenvalue weighted by Gasteiger charge is 2.27. The summed E-state index contributed by atoms with van der Waals surface area (Å²) in [5, 5.41) is 31.8. The van der Waals surface area contributed by atoms with E-state index in [0.29, 0.717) is 11.4 Å². The van der Waals surface area contributed by atoms with E-state index >= 15 is 0 Å². The molecular formula is C19H14N4O6S. The first-order valence-electron chi connectivity index (χ1n) is 8.56. The SMILES string of the molecule is Cn1c(=O)c(N(CC(=O)O)C(=O)O)c(O)c2cnc(-c3ccc4sccc4c3)nc21. The van der Waals surface area contributed by atoms with Crippen molar-refractivity contribution in [3.63, 3.8) is 0 Å². The standard InChI is InChI=1S/C19H14N4O6S/c1-22-17-11(15(26)14(18(22)27)23(19(28)29)8-13(24)25)7-20-16(21-17)10-2-3-12-9(6-10)4-5-30-12/h2-7,26H,8H2,1H3,(H,24,25)(H,28,29). The Labute approximate surface area is 171 Å². The number of benzene rings is 1. The van der Waals surface area contributed by atoms with Gasteiger partial charge in [-0.05, 0) is 35.0 Å². The van der Waals surface area contributed by atoms with Crippen LogP contribution >= 0.6 is 11.3 Å². The van der Waals surface area contributed by atoms with Gasteiger partial charge in [0.2, 0.25) is 0 Å². The summed E-state index contributed by atoms with van der Waals surface area (Å²) in [5.41, 5.74) is -0.785. The number of aryl methyl sites for hydroxylation is 1. The zero-order valence-corrected chi connectivity index (χ0v) is 16.3. The van der Waals surface area contributed by atoms with E-state index in [1.165, 1.54) is 13.2 Å². The second-order valence-corrected chi connectivity index (χ2v) is 7.38. The Bertz CT molecular complexity index is 1390. The topological polar surface area (TPSA) is 146 Å². The van der Waals surface area contributed by atoms with Crippen molar-refractivity contribution in [2.45, 2.75) is 0 Å². The zero-order chi connectivity index (χ0) is 21.6. The van der Waals surface area contributed by atoms with Crippen molar-refractivity contribution in [1.29, 1.82) is 0 Å². The van der Waals surface area contributed by atoms with Crippen molar-refractivity contribution in [3.05, 3.63) is 46.2 Å². The highest BCUT2D eigenvalue weighted by atomic mass is 32.1. The van der Waals surface area contributed by atoms with E-state index in [2.05, 4.69) is 9.97 Å². The Morgan fingerprint density at radius 1 is 1.23 bits per heavy atom. The van der Waals surface area contributed by atoms with Gasteiger partial charge in [0.1, 0.15) is 6.54 Å². The van der Waals surface area contributed by atoms with Crippen LogP contribution < -0.4 is 10.5 Å². The Kier molecular flexibility index (Phi) is 4.59. The van der Waals surface area contributed by atoms with Crippen molar-refractivity contribution >= 4 is 50.2 Å². The third kappa shape index (κ3) is 3.10. The molecule has 0 aliphatic heterocycles. The molecule has 10 nitrogen and oxygen atoms in total. The highest BCUT2D eigenvalue weighted by molar-refractivity contribution is 7.17. The lowest BCUT2D eigenvalue weighted by atomic mass is 10.1. The van der Waals surface area contributed by atoms with Gasteiger partial charge >= 0.3 is 12.1 Å². The molecule has 4 rings (SSSR count). The minimum Gasteiger partial charge on any atom is -0.505 e. The third-order valence-electron chi connectivity index (χ3n) is 4.58. The average Bonchev–Trinajstić information content (AvgIpc) is 3.18. The number of rotatable bonds is 4. The van der Waals surface area contributed by atoms with Gasteiger partial charge in [-0.15, -0.1) is 11.3 Å². The number of aliphatic carboxylic acids is 1. The Morgan fingerprint density at radius 3 is 2.70 bits per heavy atom. The number of carbonyl (C=O) groups is 2. The van der Waals surface area contributed by atoms with E-state index in [0.717, 1.165) is 14.7 Å². The van der Waals surface area contributed by atoms with Gasteiger partial charge in [0.25, 0.3) is 5.56 Å². The van der Waals surface area contributed by atoms with Gasteiger partial charge in [-0.3, -0.25) is 19.1 Å². The van der Waals surface area contributed by atoms with Crippen molar-refractivity contribution in [1.82, 2.24) is 14.5 Å². The van der Waals surface area contributed by atoms with Gasteiger partial charge in [0.05, 0.1) is 5.39 Å². The lowest BCUT2D eigenvalue weighted by Gasteiger charge is -2.19. The van der Waals surface area contributed by atoms with Crippen LogP contribution in [0.2, 0.25) is 0 Å². The number of nitrogens with zero attached hydrogens (tertiary/aromatic N) is 4. The Morgan fingerprint density at radius 2 is 2.00 bits per heavy atom. The summed E-state index contributed by atoms with van der Waals surface area (Å²) < 4.78 is 2.15. The van der Waals surface area contributed by atoms with Crippen molar-refractivity contribution in [2.24, 2.45) is 7.05 Å². The molecule has 0 radical (unpaired) electrons. The number of hydrogen-bond acceptors (Lipinski definition) is 7. The lowest BCUT2D eigenvalue weighted by molar-refractivity contribution is -0.135. The second kappa shape index (κ2) is 7.12. The summed E-state index contributed by atoms with van der Waals surface area (Å²) in [7, 11) is 1.35. The summed E-state index contributed by atoms with van der Waals surface area (Å²) >= 11 is 1.60. The van der Waals surface area contributed by atoms with Gasteiger partial charge in [-0.2, -0.15) is 0 Å². The molecule has 0 saturated heterocycles. The molecule has 30 heavy (non-hydrogen) atoms. The number of fused-ring (bicyclic) bond motifs is 2. The number of hydrogen-bond donors (Lipinski definition) is 3. The van der Waals surface area contributed by atoms with Crippen LogP contribution in [0.15, 0.2) is 40.6 Å². The molecule has 3 heterocycles. The number of pyridine rings is 1.